The Balaban J connectivity index is 2.22. The number of hydrogen-bond donors (Lipinski definition) is 0. The van der Waals surface area contributed by atoms with Crippen molar-refractivity contribution in [3.8, 4) is 0 Å². The predicted molar refractivity (Wildman–Crippen MR) is 81.8 cm³/mol. The van der Waals surface area contributed by atoms with Crippen molar-refractivity contribution in [2.75, 3.05) is 7.11 Å². The van der Waals surface area contributed by atoms with Gasteiger partial charge in [-0.2, -0.15) is 0 Å². The standard InChI is InChI=1S/C15H15IO3/c1-10(16)13-9-12(15(17)18-2)14(19-13)8-11-6-4-3-5-7-11/h3-7,13H,1,8-9H2,2H3. The number of halogens is 1. The normalized spacial score (nSPS) is 18.1. The van der Waals surface area contributed by atoms with E-state index in [-0.39, 0.29) is 12.1 Å². The highest BCUT2D eigenvalue weighted by Crippen LogP contribution is 2.33. The SMILES string of the molecule is C=C(I)C1CC(C(=O)OC)=C(Cc2ccccc2)O1. The van der Waals surface area contributed by atoms with Gasteiger partial charge >= 0.3 is 5.97 Å². The van der Waals surface area contributed by atoms with Crippen LogP contribution in [0.15, 0.2) is 51.8 Å². The smallest absolute Gasteiger partial charge is 0.337 e. The Morgan fingerprint density at radius 2 is 2.16 bits per heavy atom. The predicted octanol–water partition coefficient (Wildman–Crippen LogP) is 3.39. The molecule has 0 N–H and O–H groups in total. The lowest BCUT2D eigenvalue weighted by molar-refractivity contribution is -0.136. The number of hydrogen-bond acceptors (Lipinski definition) is 3. The van der Waals surface area contributed by atoms with Gasteiger partial charge in [-0.25, -0.2) is 4.79 Å². The highest BCUT2D eigenvalue weighted by molar-refractivity contribution is 14.1. The fraction of sp³-hybridized carbons (Fsp3) is 0.267. The maximum absolute atomic E-state index is 11.8. The summed E-state index contributed by atoms with van der Waals surface area (Å²) in [5.74, 6) is 0.381. The third-order valence-electron chi connectivity index (χ3n) is 3.00. The van der Waals surface area contributed by atoms with E-state index in [1.165, 1.54) is 7.11 Å². The lowest BCUT2D eigenvalue weighted by Gasteiger charge is -2.11. The minimum Gasteiger partial charge on any atom is -0.488 e. The average Bonchev–Trinajstić information content (AvgIpc) is 2.83. The molecule has 19 heavy (non-hydrogen) atoms. The van der Waals surface area contributed by atoms with Crippen LogP contribution in [0, 0.1) is 0 Å². The van der Waals surface area contributed by atoms with Crippen molar-refractivity contribution in [2.45, 2.75) is 18.9 Å². The molecule has 1 atom stereocenters. The summed E-state index contributed by atoms with van der Waals surface area (Å²) < 4.78 is 11.5. The Kier molecular flexibility index (Phi) is 4.63. The van der Waals surface area contributed by atoms with Gasteiger partial charge in [0.15, 0.2) is 0 Å². The van der Waals surface area contributed by atoms with E-state index in [1.54, 1.807) is 0 Å². The first-order chi connectivity index (χ1) is 9.11. The zero-order valence-corrected chi connectivity index (χ0v) is 12.8. The van der Waals surface area contributed by atoms with Crippen LogP contribution >= 0.6 is 22.6 Å². The molecule has 1 aromatic carbocycles. The van der Waals surface area contributed by atoms with Gasteiger partial charge in [0.05, 0.1) is 12.7 Å². The van der Waals surface area contributed by atoms with Crippen LogP contribution in [0.5, 0.6) is 0 Å². The maximum Gasteiger partial charge on any atom is 0.337 e. The zero-order valence-electron chi connectivity index (χ0n) is 10.7. The number of benzene rings is 1. The second-order valence-electron chi connectivity index (χ2n) is 4.31. The Morgan fingerprint density at radius 3 is 2.74 bits per heavy atom. The summed E-state index contributed by atoms with van der Waals surface area (Å²) in [6, 6.07) is 9.92. The molecule has 0 saturated heterocycles. The molecule has 1 aliphatic heterocycles. The molecule has 4 heteroatoms. The lowest BCUT2D eigenvalue weighted by atomic mass is 10.1. The minimum atomic E-state index is -0.314. The molecule has 1 unspecified atom stereocenters. The molecule has 0 fully saturated rings. The van der Waals surface area contributed by atoms with Crippen molar-refractivity contribution in [3.63, 3.8) is 0 Å². The summed E-state index contributed by atoms with van der Waals surface area (Å²) in [5.41, 5.74) is 1.73. The Labute approximate surface area is 126 Å². The van der Waals surface area contributed by atoms with Crippen molar-refractivity contribution in [2.24, 2.45) is 0 Å². The van der Waals surface area contributed by atoms with Gasteiger partial charge in [0.25, 0.3) is 0 Å². The largest absolute Gasteiger partial charge is 0.488 e. The highest BCUT2D eigenvalue weighted by atomic mass is 127. The van der Waals surface area contributed by atoms with Gasteiger partial charge < -0.3 is 9.47 Å². The van der Waals surface area contributed by atoms with Crippen molar-refractivity contribution < 1.29 is 14.3 Å². The van der Waals surface area contributed by atoms with E-state index >= 15 is 0 Å². The fourth-order valence-electron chi connectivity index (χ4n) is 2.01. The van der Waals surface area contributed by atoms with Gasteiger partial charge in [-0.3, -0.25) is 0 Å². The van der Waals surface area contributed by atoms with E-state index in [1.807, 2.05) is 30.3 Å². The van der Waals surface area contributed by atoms with Gasteiger partial charge in [0.2, 0.25) is 0 Å². The number of rotatable bonds is 4. The van der Waals surface area contributed by atoms with Crippen LogP contribution in [-0.2, 0) is 20.7 Å². The third-order valence-corrected chi connectivity index (χ3v) is 3.69. The van der Waals surface area contributed by atoms with Gasteiger partial charge in [0.1, 0.15) is 11.9 Å². The quantitative estimate of drug-likeness (QED) is 0.602. The fourth-order valence-corrected chi connectivity index (χ4v) is 2.36. The number of allylic oxidation sites excluding steroid dienone is 1. The number of methoxy groups -OCH3 is 1. The third kappa shape index (κ3) is 3.37. The molecule has 0 radical (unpaired) electrons. The second kappa shape index (κ2) is 6.23. The van der Waals surface area contributed by atoms with E-state index < -0.39 is 0 Å². The Morgan fingerprint density at radius 1 is 1.47 bits per heavy atom. The topological polar surface area (TPSA) is 35.5 Å². The van der Waals surface area contributed by atoms with Crippen LogP contribution in [0.2, 0.25) is 0 Å². The summed E-state index contributed by atoms with van der Waals surface area (Å²) in [6.45, 7) is 3.88. The molecule has 0 aliphatic carbocycles. The van der Waals surface area contributed by atoms with Crippen molar-refractivity contribution in [1.29, 1.82) is 0 Å². The summed E-state index contributed by atoms with van der Waals surface area (Å²) in [4.78, 5) is 11.8. The molecule has 100 valence electrons. The molecule has 0 spiro atoms. The van der Waals surface area contributed by atoms with E-state index in [9.17, 15) is 4.79 Å². The molecule has 3 nitrogen and oxygen atoms in total. The molecule has 0 aromatic heterocycles. The first kappa shape index (κ1) is 14.1. The molecule has 0 bridgehead atoms. The summed E-state index contributed by atoms with van der Waals surface area (Å²) >= 11 is 2.13. The molecular formula is C15H15IO3. The number of ether oxygens (including phenoxy) is 2. The Hall–Kier alpha value is -1.30. The molecule has 1 aromatic rings. The van der Waals surface area contributed by atoms with Crippen LogP contribution in [-0.4, -0.2) is 19.2 Å². The number of carbonyl (C=O) groups is 1. The van der Waals surface area contributed by atoms with Crippen LogP contribution in [0.1, 0.15) is 12.0 Å². The number of esters is 1. The first-order valence-corrected chi connectivity index (χ1v) is 7.05. The van der Waals surface area contributed by atoms with E-state index in [4.69, 9.17) is 9.47 Å². The van der Waals surface area contributed by atoms with E-state index in [0.717, 1.165) is 9.14 Å². The zero-order chi connectivity index (χ0) is 13.8. The first-order valence-electron chi connectivity index (χ1n) is 5.97. The Bertz CT molecular complexity index is 519. The van der Waals surface area contributed by atoms with Crippen LogP contribution in [0.4, 0.5) is 0 Å². The van der Waals surface area contributed by atoms with E-state index in [0.29, 0.717) is 24.2 Å². The number of carbonyl (C=O) groups excluding carboxylic acids is 1. The van der Waals surface area contributed by atoms with Crippen LogP contribution < -0.4 is 0 Å². The van der Waals surface area contributed by atoms with Crippen molar-refractivity contribution in [3.05, 3.63) is 57.4 Å². The van der Waals surface area contributed by atoms with Gasteiger partial charge in [-0.1, -0.05) is 36.9 Å². The molecule has 1 aliphatic rings. The van der Waals surface area contributed by atoms with Crippen LogP contribution in [0.25, 0.3) is 0 Å². The van der Waals surface area contributed by atoms with Crippen LogP contribution in [0.3, 0.4) is 0 Å². The van der Waals surface area contributed by atoms with Gasteiger partial charge in [-0.05, 0) is 28.2 Å². The highest BCUT2D eigenvalue weighted by Gasteiger charge is 2.31. The summed E-state index contributed by atoms with van der Waals surface area (Å²) in [7, 11) is 1.39. The average molecular weight is 370 g/mol. The molecule has 0 amide bonds. The summed E-state index contributed by atoms with van der Waals surface area (Å²) in [5, 5.41) is 0. The van der Waals surface area contributed by atoms with Crippen molar-refractivity contribution in [1.82, 2.24) is 0 Å². The van der Waals surface area contributed by atoms with Crippen molar-refractivity contribution >= 4 is 28.6 Å². The molecule has 1 heterocycles. The molecule has 2 rings (SSSR count). The van der Waals surface area contributed by atoms with E-state index in [2.05, 4.69) is 29.2 Å². The summed E-state index contributed by atoms with van der Waals surface area (Å²) in [6.07, 6.45) is 1.01. The lowest BCUT2D eigenvalue weighted by Crippen LogP contribution is -2.08. The maximum atomic E-state index is 11.8. The molecule has 0 saturated carbocycles. The minimum absolute atomic E-state index is 0.131. The monoisotopic (exact) mass is 370 g/mol. The van der Waals surface area contributed by atoms with Gasteiger partial charge in [0, 0.05) is 16.4 Å². The molecular weight excluding hydrogens is 355 g/mol. The second-order valence-corrected chi connectivity index (χ2v) is 5.70. The van der Waals surface area contributed by atoms with Gasteiger partial charge in [-0.15, -0.1) is 0 Å².